The Hall–Kier alpha value is -1.68. The molecule has 2 rings (SSSR count). The van der Waals surface area contributed by atoms with Crippen LogP contribution in [-0.4, -0.2) is 9.78 Å². The van der Waals surface area contributed by atoms with Crippen LogP contribution in [0.3, 0.4) is 0 Å². The third-order valence-corrected chi connectivity index (χ3v) is 2.94. The van der Waals surface area contributed by atoms with Crippen molar-refractivity contribution < 1.29 is 0 Å². The van der Waals surface area contributed by atoms with Crippen LogP contribution in [0.5, 0.6) is 0 Å². The molecule has 0 fully saturated rings. The summed E-state index contributed by atoms with van der Waals surface area (Å²) >= 11 is 5.96. The van der Waals surface area contributed by atoms with Crippen LogP contribution in [0.1, 0.15) is 25.6 Å². The largest absolute Gasteiger partial charge is 0.394 e. The molecule has 0 atom stereocenters. The molecule has 3 N–H and O–H groups in total. The summed E-state index contributed by atoms with van der Waals surface area (Å²) in [6, 6.07) is 7.76. The molecule has 96 valence electrons. The Balaban J connectivity index is 2.39. The third-order valence-electron chi connectivity index (χ3n) is 2.71. The van der Waals surface area contributed by atoms with Crippen LogP contribution in [0, 0.1) is 6.92 Å². The molecule has 0 saturated heterocycles. The lowest BCUT2D eigenvalue weighted by Gasteiger charge is -2.13. The molecular weight excluding hydrogens is 248 g/mol. The van der Waals surface area contributed by atoms with Gasteiger partial charge in [0.2, 0.25) is 0 Å². The number of hydrogen-bond donors (Lipinski definition) is 2. The summed E-state index contributed by atoms with van der Waals surface area (Å²) in [5.41, 5.74) is 8.44. The van der Waals surface area contributed by atoms with Gasteiger partial charge in [-0.1, -0.05) is 17.7 Å². The third kappa shape index (κ3) is 2.43. The number of nitrogens with one attached hydrogen (secondary N) is 1. The van der Waals surface area contributed by atoms with Gasteiger partial charge in [-0.15, -0.1) is 0 Å². The smallest absolute Gasteiger partial charge is 0.152 e. The predicted molar refractivity (Wildman–Crippen MR) is 76.5 cm³/mol. The minimum Gasteiger partial charge on any atom is -0.394 e. The summed E-state index contributed by atoms with van der Waals surface area (Å²) in [6.45, 7) is 6.03. The molecule has 0 radical (unpaired) electrons. The molecule has 1 aromatic carbocycles. The maximum Gasteiger partial charge on any atom is 0.152 e. The van der Waals surface area contributed by atoms with Gasteiger partial charge in [-0.3, -0.25) is 0 Å². The van der Waals surface area contributed by atoms with Crippen LogP contribution in [0.4, 0.5) is 17.2 Å². The molecule has 2 aromatic rings. The van der Waals surface area contributed by atoms with Crippen LogP contribution >= 0.6 is 11.6 Å². The Morgan fingerprint density at radius 1 is 1.39 bits per heavy atom. The van der Waals surface area contributed by atoms with Crippen molar-refractivity contribution in [2.45, 2.75) is 26.8 Å². The summed E-state index contributed by atoms with van der Waals surface area (Å²) < 4.78 is 1.88. The van der Waals surface area contributed by atoms with Crippen LogP contribution in [-0.2, 0) is 0 Å². The van der Waals surface area contributed by atoms with E-state index in [1.54, 1.807) is 0 Å². The fourth-order valence-electron chi connectivity index (χ4n) is 1.76. The van der Waals surface area contributed by atoms with Crippen molar-refractivity contribution in [1.82, 2.24) is 9.78 Å². The summed E-state index contributed by atoms with van der Waals surface area (Å²) in [5, 5.41) is 8.39. The lowest BCUT2D eigenvalue weighted by Crippen LogP contribution is -2.08. The quantitative estimate of drug-likeness (QED) is 0.888. The molecule has 1 aromatic heterocycles. The molecule has 0 aliphatic rings. The second kappa shape index (κ2) is 4.90. The van der Waals surface area contributed by atoms with Crippen molar-refractivity contribution >= 4 is 28.8 Å². The standard InChI is InChI=1S/C13H17ClN4/c1-8(2)18-13(12(15)9(3)17-18)16-11-6-4-5-10(14)7-11/h4-8,16H,15H2,1-3H3. The van der Waals surface area contributed by atoms with Crippen molar-refractivity contribution in [3.63, 3.8) is 0 Å². The molecule has 5 heteroatoms. The number of benzene rings is 1. The zero-order chi connectivity index (χ0) is 13.3. The predicted octanol–water partition coefficient (Wildman–Crippen LogP) is 3.75. The zero-order valence-electron chi connectivity index (χ0n) is 10.7. The monoisotopic (exact) mass is 264 g/mol. The number of aromatic nitrogens is 2. The fourth-order valence-corrected chi connectivity index (χ4v) is 1.95. The van der Waals surface area contributed by atoms with Crippen molar-refractivity contribution in [3.8, 4) is 0 Å². The molecule has 4 nitrogen and oxygen atoms in total. The van der Waals surface area contributed by atoms with Gasteiger partial charge >= 0.3 is 0 Å². The highest BCUT2D eigenvalue weighted by atomic mass is 35.5. The van der Waals surface area contributed by atoms with Gasteiger partial charge in [-0.05, 0) is 39.0 Å². The molecule has 18 heavy (non-hydrogen) atoms. The van der Waals surface area contributed by atoms with Gasteiger partial charge in [-0.2, -0.15) is 5.10 Å². The van der Waals surface area contributed by atoms with E-state index in [0.717, 1.165) is 17.2 Å². The lowest BCUT2D eigenvalue weighted by molar-refractivity contribution is 0.536. The maximum absolute atomic E-state index is 6.05. The lowest BCUT2D eigenvalue weighted by atomic mass is 10.3. The number of halogens is 1. The molecule has 0 amide bonds. The minimum absolute atomic E-state index is 0.239. The van der Waals surface area contributed by atoms with Gasteiger partial charge in [0.1, 0.15) is 0 Å². The van der Waals surface area contributed by atoms with Gasteiger partial charge in [0.15, 0.2) is 5.82 Å². The Morgan fingerprint density at radius 3 is 2.72 bits per heavy atom. The topological polar surface area (TPSA) is 55.9 Å². The minimum atomic E-state index is 0.239. The normalized spacial score (nSPS) is 10.9. The van der Waals surface area contributed by atoms with E-state index in [4.69, 9.17) is 17.3 Å². The van der Waals surface area contributed by atoms with Gasteiger partial charge < -0.3 is 11.1 Å². The van der Waals surface area contributed by atoms with E-state index in [0.29, 0.717) is 10.7 Å². The first kappa shape index (κ1) is 12.8. The Bertz CT molecular complexity index is 560. The summed E-state index contributed by atoms with van der Waals surface area (Å²) in [7, 11) is 0. The van der Waals surface area contributed by atoms with Crippen molar-refractivity contribution in [2.24, 2.45) is 0 Å². The number of nitrogens with two attached hydrogens (primary N) is 1. The molecule has 0 spiro atoms. The number of nitrogen functional groups attached to an aromatic ring is 1. The van der Waals surface area contributed by atoms with E-state index < -0.39 is 0 Å². The first-order chi connectivity index (χ1) is 8.49. The fraction of sp³-hybridized carbons (Fsp3) is 0.308. The van der Waals surface area contributed by atoms with Crippen molar-refractivity contribution in [2.75, 3.05) is 11.1 Å². The number of nitrogens with zero attached hydrogens (tertiary/aromatic N) is 2. The Kier molecular flexibility index (Phi) is 3.48. The van der Waals surface area contributed by atoms with E-state index in [2.05, 4.69) is 24.3 Å². The van der Waals surface area contributed by atoms with Crippen LogP contribution in [0.25, 0.3) is 0 Å². The average molecular weight is 265 g/mol. The van der Waals surface area contributed by atoms with E-state index in [1.807, 2.05) is 35.9 Å². The Morgan fingerprint density at radius 2 is 2.11 bits per heavy atom. The molecular formula is C13H17ClN4. The molecule has 1 heterocycles. The molecule has 0 bridgehead atoms. The second-order valence-electron chi connectivity index (χ2n) is 4.52. The van der Waals surface area contributed by atoms with E-state index in [-0.39, 0.29) is 6.04 Å². The molecule has 0 unspecified atom stereocenters. The first-order valence-corrected chi connectivity index (χ1v) is 6.24. The highest BCUT2D eigenvalue weighted by Crippen LogP contribution is 2.29. The summed E-state index contributed by atoms with van der Waals surface area (Å²) in [5.74, 6) is 0.810. The number of anilines is 3. The number of hydrogen-bond acceptors (Lipinski definition) is 3. The Labute approximate surface area is 112 Å². The highest BCUT2D eigenvalue weighted by Gasteiger charge is 2.14. The number of rotatable bonds is 3. The van der Waals surface area contributed by atoms with Gasteiger partial charge in [0.25, 0.3) is 0 Å². The van der Waals surface area contributed by atoms with Crippen LogP contribution in [0.2, 0.25) is 5.02 Å². The summed E-state index contributed by atoms with van der Waals surface area (Å²) in [6.07, 6.45) is 0. The SMILES string of the molecule is Cc1nn(C(C)C)c(Nc2cccc(Cl)c2)c1N. The van der Waals surface area contributed by atoms with E-state index >= 15 is 0 Å². The second-order valence-corrected chi connectivity index (χ2v) is 4.96. The van der Waals surface area contributed by atoms with E-state index in [9.17, 15) is 0 Å². The molecule has 0 saturated carbocycles. The van der Waals surface area contributed by atoms with Crippen molar-refractivity contribution in [3.05, 3.63) is 35.0 Å². The van der Waals surface area contributed by atoms with Crippen LogP contribution < -0.4 is 11.1 Å². The zero-order valence-corrected chi connectivity index (χ0v) is 11.5. The van der Waals surface area contributed by atoms with Crippen molar-refractivity contribution in [1.29, 1.82) is 0 Å². The van der Waals surface area contributed by atoms with Gasteiger partial charge in [0.05, 0.1) is 11.4 Å². The molecule has 0 aliphatic carbocycles. The number of aryl methyl sites for hydroxylation is 1. The van der Waals surface area contributed by atoms with Gasteiger partial charge in [-0.25, -0.2) is 4.68 Å². The molecule has 0 aliphatic heterocycles. The van der Waals surface area contributed by atoms with E-state index in [1.165, 1.54) is 0 Å². The van der Waals surface area contributed by atoms with Gasteiger partial charge in [0, 0.05) is 16.8 Å². The average Bonchev–Trinajstić information content (AvgIpc) is 2.57. The highest BCUT2D eigenvalue weighted by molar-refractivity contribution is 6.30. The maximum atomic E-state index is 6.05. The summed E-state index contributed by atoms with van der Waals surface area (Å²) in [4.78, 5) is 0. The first-order valence-electron chi connectivity index (χ1n) is 5.86. The van der Waals surface area contributed by atoms with Crippen LogP contribution in [0.15, 0.2) is 24.3 Å².